The van der Waals surface area contributed by atoms with E-state index in [2.05, 4.69) is 76.2 Å². The molecule has 3 aromatic carbocycles. The van der Waals surface area contributed by atoms with E-state index in [1.807, 2.05) is 12.4 Å². The maximum Gasteiger partial charge on any atom is 0.119 e. The van der Waals surface area contributed by atoms with Crippen LogP contribution in [0.4, 0.5) is 0 Å². The highest BCUT2D eigenvalue weighted by Gasteiger charge is 2.13. The Labute approximate surface area is 200 Å². The van der Waals surface area contributed by atoms with Gasteiger partial charge in [0.05, 0.1) is 25.3 Å². The predicted molar refractivity (Wildman–Crippen MR) is 140 cm³/mol. The third-order valence-electron chi connectivity index (χ3n) is 6.56. The van der Waals surface area contributed by atoms with E-state index in [4.69, 9.17) is 19.4 Å². The second-order valence-corrected chi connectivity index (χ2v) is 8.93. The molecule has 0 atom stereocenters. The Morgan fingerprint density at radius 2 is 0.882 bits per heavy atom. The maximum absolute atomic E-state index is 5.42. The van der Waals surface area contributed by atoms with Crippen molar-refractivity contribution in [2.45, 2.75) is 27.7 Å². The predicted octanol–water partition coefficient (Wildman–Crippen LogP) is 7.37. The van der Waals surface area contributed by atoms with Gasteiger partial charge in [0.25, 0.3) is 0 Å². The number of aryl methyl sites for hydroxylation is 4. The van der Waals surface area contributed by atoms with Gasteiger partial charge in [-0.15, -0.1) is 0 Å². The average Bonchev–Trinajstić information content (AvgIpc) is 2.82. The number of benzene rings is 3. The molecule has 2 heterocycles. The number of hydrogen-bond donors (Lipinski definition) is 0. The van der Waals surface area contributed by atoms with Crippen molar-refractivity contribution in [2.24, 2.45) is 0 Å². The fraction of sp³-hybridized carbons (Fsp3) is 0.200. The number of methoxy groups -OCH3 is 2. The molecule has 4 heteroatoms. The lowest BCUT2D eigenvalue weighted by atomic mass is 9.94. The fourth-order valence-electron chi connectivity index (χ4n) is 5.06. The van der Waals surface area contributed by atoms with E-state index in [0.717, 1.165) is 44.4 Å². The van der Waals surface area contributed by atoms with Crippen LogP contribution in [-0.4, -0.2) is 24.2 Å². The fourth-order valence-corrected chi connectivity index (χ4v) is 5.06. The molecule has 0 saturated heterocycles. The topological polar surface area (TPSA) is 44.2 Å². The van der Waals surface area contributed by atoms with Crippen LogP contribution in [0, 0.1) is 27.7 Å². The molecular formula is C30H28N2O2. The molecule has 0 aliphatic carbocycles. The Kier molecular flexibility index (Phi) is 5.45. The van der Waals surface area contributed by atoms with Crippen molar-refractivity contribution in [3.05, 3.63) is 83.2 Å². The van der Waals surface area contributed by atoms with E-state index in [1.54, 1.807) is 14.2 Å². The van der Waals surface area contributed by atoms with Crippen LogP contribution in [0.2, 0.25) is 0 Å². The summed E-state index contributed by atoms with van der Waals surface area (Å²) < 4.78 is 10.8. The van der Waals surface area contributed by atoms with Gasteiger partial charge in [-0.3, -0.25) is 9.97 Å². The molecule has 0 saturated carbocycles. The first-order valence-corrected chi connectivity index (χ1v) is 11.4. The van der Waals surface area contributed by atoms with Gasteiger partial charge in [-0.1, -0.05) is 12.1 Å². The van der Waals surface area contributed by atoms with Crippen LogP contribution in [0.3, 0.4) is 0 Å². The third kappa shape index (κ3) is 3.65. The van der Waals surface area contributed by atoms with Crippen molar-refractivity contribution in [3.63, 3.8) is 0 Å². The standard InChI is InChI=1S/C30H28N2O2/c1-17-9-25(33-5)10-18(2)27(17)23-13-21-7-8-22-14-24(16-32-30(22)29(21)31-15-23)28-19(3)11-26(34-6)12-20(28)4/h7-16H,1-6H3. The Morgan fingerprint density at radius 1 is 0.529 bits per heavy atom. The Morgan fingerprint density at radius 3 is 1.21 bits per heavy atom. The van der Waals surface area contributed by atoms with Crippen molar-refractivity contribution < 1.29 is 9.47 Å². The van der Waals surface area contributed by atoms with Crippen molar-refractivity contribution in [3.8, 4) is 33.8 Å². The van der Waals surface area contributed by atoms with Gasteiger partial charge in [-0.05, 0) is 97.5 Å². The zero-order chi connectivity index (χ0) is 24.0. The molecule has 0 amide bonds. The van der Waals surface area contributed by atoms with Crippen molar-refractivity contribution in [1.82, 2.24) is 9.97 Å². The number of rotatable bonds is 4. The zero-order valence-corrected chi connectivity index (χ0v) is 20.5. The van der Waals surface area contributed by atoms with Gasteiger partial charge in [0.15, 0.2) is 0 Å². The third-order valence-corrected chi connectivity index (χ3v) is 6.56. The van der Waals surface area contributed by atoms with Crippen molar-refractivity contribution in [2.75, 3.05) is 14.2 Å². The highest BCUT2D eigenvalue weighted by Crippen LogP contribution is 2.35. The van der Waals surface area contributed by atoms with Gasteiger partial charge in [0.1, 0.15) is 11.5 Å². The van der Waals surface area contributed by atoms with Gasteiger partial charge >= 0.3 is 0 Å². The van der Waals surface area contributed by atoms with Crippen LogP contribution in [-0.2, 0) is 0 Å². The van der Waals surface area contributed by atoms with Crippen molar-refractivity contribution in [1.29, 1.82) is 0 Å². The minimum absolute atomic E-state index is 0.876. The summed E-state index contributed by atoms with van der Waals surface area (Å²) in [4.78, 5) is 9.72. The lowest BCUT2D eigenvalue weighted by Gasteiger charge is -2.14. The zero-order valence-electron chi connectivity index (χ0n) is 20.5. The second kappa shape index (κ2) is 8.45. The molecule has 34 heavy (non-hydrogen) atoms. The van der Waals surface area contributed by atoms with E-state index in [1.165, 1.54) is 33.4 Å². The first-order valence-electron chi connectivity index (χ1n) is 11.4. The largest absolute Gasteiger partial charge is 0.497 e. The van der Waals surface area contributed by atoms with Crippen LogP contribution in [0.15, 0.2) is 60.9 Å². The quantitative estimate of drug-likeness (QED) is 0.269. The number of ether oxygens (including phenoxy) is 2. The molecule has 0 radical (unpaired) electrons. The summed E-state index contributed by atoms with van der Waals surface area (Å²) in [7, 11) is 3.40. The minimum Gasteiger partial charge on any atom is -0.497 e. The van der Waals surface area contributed by atoms with Gasteiger partial charge in [0, 0.05) is 34.3 Å². The highest BCUT2D eigenvalue weighted by molar-refractivity contribution is 6.04. The number of fused-ring (bicyclic) bond motifs is 3. The number of pyridine rings is 2. The molecule has 0 aliphatic heterocycles. The Bertz CT molecular complexity index is 1410. The van der Waals surface area contributed by atoms with E-state index < -0.39 is 0 Å². The maximum atomic E-state index is 5.42. The lowest BCUT2D eigenvalue weighted by molar-refractivity contribution is 0.414. The molecule has 4 nitrogen and oxygen atoms in total. The number of nitrogens with zero attached hydrogens (tertiary/aromatic N) is 2. The molecule has 0 spiro atoms. The van der Waals surface area contributed by atoms with Gasteiger partial charge in [-0.25, -0.2) is 0 Å². The van der Waals surface area contributed by atoms with Gasteiger partial charge in [-0.2, -0.15) is 0 Å². The highest BCUT2D eigenvalue weighted by atomic mass is 16.5. The van der Waals surface area contributed by atoms with Crippen LogP contribution in [0.5, 0.6) is 11.5 Å². The van der Waals surface area contributed by atoms with E-state index in [0.29, 0.717) is 0 Å². The van der Waals surface area contributed by atoms with E-state index in [9.17, 15) is 0 Å². The summed E-state index contributed by atoms with van der Waals surface area (Å²) in [5.74, 6) is 1.75. The smallest absolute Gasteiger partial charge is 0.119 e. The Balaban J connectivity index is 1.62. The molecule has 170 valence electrons. The number of hydrogen-bond acceptors (Lipinski definition) is 4. The molecule has 0 N–H and O–H groups in total. The van der Waals surface area contributed by atoms with Crippen LogP contribution >= 0.6 is 0 Å². The van der Waals surface area contributed by atoms with Gasteiger partial charge < -0.3 is 9.47 Å². The summed E-state index contributed by atoms with van der Waals surface area (Å²) in [6.45, 7) is 8.45. The summed E-state index contributed by atoms with van der Waals surface area (Å²) in [5.41, 5.74) is 11.1. The van der Waals surface area contributed by atoms with E-state index >= 15 is 0 Å². The molecule has 0 bridgehead atoms. The SMILES string of the molecule is COc1cc(C)c(-c2cnc3c(ccc4cc(-c5c(C)cc(OC)cc5C)cnc43)c2)c(C)c1. The second-order valence-electron chi connectivity index (χ2n) is 8.93. The molecule has 0 fully saturated rings. The van der Waals surface area contributed by atoms with Gasteiger partial charge in [0.2, 0.25) is 0 Å². The van der Waals surface area contributed by atoms with Crippen molar-refractivity contribution >= 4 is 21.8 Å². The monoisotopic (exact) mass is 448 g/mol. The lowest BCUT2D eigenvalue weighted by Crippen LogP contribution is -1.94. The van der Waals surface area contributed by atoms with Crippen LogP contribution < -0.4 is 9.47 Å². The molecule has 0 unspecified atom stereocenters. The van der Waals surface area contributed by atoms with E-state index in [-0.39, 0.29) is 0 Å². The first-order chi connectivity index (χ1) is 16.4. The molecule has 5 aromatic rings. The summed E-state index contributed by atoms with van der Waals surface area (Å²) in [6, 6.07) is 17.0. The Hall–Kier alpha value is -3.92. The number of aromatic nitrogens is 2. The molecular weight excluding hydrogens is 420 g/mol. The van der Waals surface area contributed by atoms with Crippen LogP contribution in [0.1, 0.15) is 22.3 Å². The molecule has 2 aromatic heterocycles. The molecule has 5 rings (SSSR count). The van der Waals surface area contributed by atoms with Crippen LogP contribution in [0.25, 0.3) is 44.1 Å². The average molecular weight is 449 g/mol. The minimum atomic E-state index is 0.876. The summed E-state index contributed by atoms with van der Waals surface area (Å²) in [5, 5.41) is 2.16. The summed E-state index contributed by atoms with van der Waals surface area (Å²) >= 11 is 0. The normalized spacial score (nSPS) is 11.2. The first kappa shape index (κ1) is 21.9. The molecule has 0 aliphatic rings. The summed E-state index contributed by atoms with van der Waals surface area (Å²) in [6.07, 6.45) is 3.91.